The molecule has 3 rings (SSSR count). The van der Waals surface area contributed by atoms with Gasteiger partial charge >= 0.3 is 19.6 Å². The zero-order chi connectivity index (χ0) is 34.0. The highest BCUT2D eigenvalue weighted by Crippen LogP contribution is 2.44. The van der Waals surface area contributed by atoms with Crippen LogP contribution < -0.4 is 20.6 Å². The average molecular weight is 772 g/mol. The number of ether oxygens (including phenoxy) is 4. The zero-order valence-electron chi connectivity index (χ0n) is 26.6. The van der Waals surface area contributed by atoms with Gasteiger partial charge in [-0.15, -0.1) is 0 Å². The van der Waals surface area contributed by atoms with Gasteiger partial charge in [-0.3, -0.25) is 18.7 Å². The van der Waals surface area contributed by atoms with Crippen molar-refractivity contribution in [3.63, 3.8) is 0 Å². The maximum absolute atomic E-state index is 13.8. The maximum Gasteiger partial charge on any atom is 0.341 e. The smallest absolute Gasteiger partial charge is 0.341 e. The number of aromatic nitrogens is 4. The lowest BCUT2D eigenvalue weighted by Crippen LogP contribution is -2.45. The first-order valence-corrected chi connectivity index (χ1v) is 16.7. The first kappa shape index (κ1) is 37.3. The molecule has 0 unspecified atom stereocenters. The highest BCUT2D eigenvalue weighted by molar-refractivity contribution is 14.1. The van der Waals surface area contributed by atoms with Crippen LogP contribution in [-0.2, 0) is 32.9 Å². The lowest BCUT2D eigenvalue weighted by Gasteiger charge is -2.28. The Balaban J connectivity index is 1.79. The number of rotatable bonds is 13. The first-order chi connectivity index (χ1) is 20.7. The van der Waals surface area contributed by atoms with Gasteiger partial charge in [0.25, 0.3) is 0 Å². The number of hydrogen-bond acceptors (Lipinski definition) is 14. The molecule has 1 fully saturated rings. The maximum atomic E-state index is 13.8. The topological polar surface area (TPSA) is 231 Å². The van der Waals surface area contributed by atoms with Crippen LogP contribution in [0.3, 0.4) is 0 Å². The Morgan fingerprint density at radius 1 is 1.07 bits per heavy atom. The number of carbonyl (C=O) groups is 2. The van der Waals surface area contributed by atoms with Crippen LogP contribution in [0.15, 0.2) is 0 Å². The van der Waals surface area contributed by atoms with Crippen molar-refractivity contribution in [1.29, 1.82) is 0 Å². The van der Waals surface area contributed by atoms with E-state index in [4.69, 9.17) is 29.2 Å². The minimum Gasteiger partial charge on any atom is -0.479 e. The molecule has 0 bridgehead atoms. The number of nitrogens with one attached hydrogen (secondary N) is 2. The summed E-state index contributed by atoms with van der Waals surface area (Å²) in [7, 11) is -2.78. The second-order valence-electron chi connectivity index (χ2n) is 13.2. The predicted molar refractivity (Wildman–Crippen MR) is 170 cm³/mol. The van der Waals surface area contributed by atoms with Crippen molar-refractivity contribution in [2.24, 2.45) is 10.8 Å². The molecule has 0 spiro atoms. The highest BCUT2D eigenvalue weighted by Gasteiger charge is 2.54. The van der Waals surface area contributed by atoms with Crippen LogP contribution in [0.4, 0.5) is 5.95 Å². The fraction of sp³-hybridized carbons (Fsp3) is 0.731. The van der Waals surface area contributed by atoms with Crippen LogP contribution in [-0.4, -0.2) is 99.5 Å². The molecule has 0 amide bonds. The minimum absolute atomic E-state index is 0.104. The number of fused-ring (bicyclic) bond motifs is 1. The Morgan fingerprint density at radius 3 is 2.09 bits per heavy atom. The summed E-state index contributed by atoms with van der Waals surface area (Å²) in [6.07, 6.45) is -4.05. The number of imidazole rings is 1. The number of nitrogens with two attached hydrogens (primary N) is 1. The van der Waals surface area contributed by atoms with Crippen molar-refractivity contribution >= 4 is 59.3 Å². The number of hydrogen-bond donors (Lipinski definition) is 5. The van der Waals surface area contributed by atoms with Gasteiger partial charge in [-0.25, -0.2) is 15.2 Å². The third kappa shape index (κ3) is 9.90. The number of halogens is 1. The molecule has 3 heterocycles. The summed E-state index contributed by atoms with van der Waals surface area (Å²) in [5.41, 5.74) is 3.76. The van der Waals surface area contributed by atoms with Crippen LogP contribution in [0.25, 0.3) is 11.2 Å². The summed E-state index contributed by atoms with van der Waals surface area (Å²) in [5, 5.41) is 27.4. The average Bonchev–Trinajstić information content (AvgIpc) is 3.37. The van der Waals surface area contributed by atoms with Crippen molar-refractivity contribution in [2.45, 2.75) is 72.5 Å². The van der Waals surface area contributed by atoms with E-state index in [-0.39, 0.29) is 47.0 Å². The molecule has 0 radical (unpaired) electrons. The fourth-order valence-corrected chi connectivity index (χ4v) is 6.05. The Bertz CT molecular complexity index is 1390. The van der Waals surface area contributed by atoms with E-state index in [0.717, 1.165) is 0 Å². The van der Waals surface area contributed by atoms with Crippen LogP contribution in [0, 0.1) is 14.7 Å². The van der Waals surface area contributed by atoms with Gasteiger partial charge in [0.1, 0.15) is 30.9 Å². The summed E-state index contributed by atoms with van der Waals surface area (Å²) in [6.45, 7) is 11.3. The van der Waals surface area contributed by atoms with Crippen LogP contribution in [0.1, 0.15) is 54.7 Å². The number of methoxy groups -OCH3 is 1. The van der Waals surface area contributed by atoms with Gasteiger partial charge in [0.15, 0.2) is 21.2 Å². The van der Waals surface area contributed by atoms with Crippen molar-refractivity contribution in [1.82, 2.24) is 29.7 Å². The van der Waals surface area contributed by atoms with Crippen molar-refractivity contribution in [3.05, 3.63) is 3.83 Å². The van der Waals surface area contributed by atoms with E-state index in [0.29, 0.717) is 3.83 Å². The molecule has 0 saturated carbocycles. The quantitative estimate of drug-likeness (QED) is 0.0841. The number of aliphatic hydroxyl groups is 2. The molecule has 0 aliphatic carbocycles. The van der Waals surface area contributed by atoms with Gasteiger partial charge in [-0.05, 0) is 17.8 Å². The molecule has 45 heavy (non-hydrogen) atoms. The van der Waals surface area contributed by atoms with Crippen molar-refractivity contribution < 1.29 is 47.8 Å². The largest absolute Gasteiger partial charge is 0.479 e. The first-order valence-electron chi connectivity index (χ1n) is 14.0. The van der Waals surface area contributed by atoms with Gasteiger partial charge in [0.05, 0.1) is 26.9 Å². The Labute approximate surface area is 275 Å². The lowest BCUT2D eigenvalue weighted by molar-refractivity contribution is -0.145. The van der Waals surface area contributed by atoms with E-state index < -0.39 is 63.3 Å². The normalized spacial score (nSPS) is 22.5. The van der Waals surface area contributed by atoms with Gasteiger partial charge in [0, 0.05) is 22.6 Å². The summed E-state index contributed by atoms with van der Waals surface area (Å²) >= 11 is 1.90. The third-order valence-corrected chi connectivity index (χ3v) is 8.70. The van der Waals surface area contributed by atoms with E-state index in [1.54, 1.807) is 0 Å². The van der Waals surface area contributed by atoms with E-state index in [9.17, 15) is 24.4 Å². The molecule has 254 valence electrons. The molecule has 1 aliphatic rings. The Kier molecular flexibility index (Phi) is 11.8. The van der Waals surface area contributed by atoms with Gasteiger partial charge in [0.2, 0.25) is 11.8 Å². The minimum atomic E-state index is -4.17. The van der Waals surface area contributed by atoms with E-state index >= 15 is 0 Å². The molecule has 19 heteroatoms. The van der Waals surface area contributed by atoms with Gasteiger partial charge in [-0.2, -0.15) is 9.97 Å². The third-order valence-electron chi connectivity index (χ3n) is 6.28. The van der Waals surface area contributed by atoms with E-state index in [2.05, 4.69) is 25.1 Å². The number of esters is 2. The Hall–Kier alpha value is -2.19. The molecule has 2 aromatic rings. The molecule has 6 N–H and O–H groups in total. The van der Waals surface area contributed by atoms with Crippen LogP contribution in [0.5, 0.6) is 5.88 Å². The number of nitrogen functional groups attached to an aromatic ring is 1. The Morgan fingerprint density at radius 2 is 1.60 bits per heavy atom. The zero-order valence-corrected chi connectivity index (χ0v) is 29.7. The molecular weight excluding hydrogens is 728 g/mol. The predicted octanol–water partition coefficient (Wildman–Crippen LogP) is 1.51. The fourth-order valence-electron chi connectivity index (χ4n) is 4.00. The van der Waals surface area contributed by atoms with E-state index in [1.165, 1.54) is 18.6 Å². The molecule has 1 aliphatic heterocycles. The summed E-state index contributed by atoms with van der Waals surface area (Å²) in [5.74, 6) is -1.42. The second kappa shape index (κ2) is 14.3. The monoisotopic (exact) mass is 771 g/mol. The molecular formula is C26H43IN7O10P. The number of anilines is 1. The standard InChI is InChI=1S/C26H43IN7O10P/c1-24(2,3)12-41-15(35)9-29-45(39,30-10-16(36)42-13-25(4,5)6)43-11-14-18(37)26(7,38)21(44-14)34-19-17(31-22(34)27)20(40-8)33-23(28)32-19/h14,18,21,37-38H,9-13H2,1-8H3,(H2,28,32,33)(H2,29,30,39)/t14-,18-,21-,26-/m1/s1. The lowest BCUT2D eigenvalue weighted by atomic mass is 9.96. The number of nitrogens with zero attached hydrogens (tertiary/aromatic N) is 4. The molecule has 1 saturated heterocycles. The summed E-state index contributed by atoms with van der Waals surface area (Å²) < 4.78 is 42.9. The number of carbonyl (C=O) groups excluding carboxylic acids is 2. The van der Waals surface area contributed by atoms with Crippen molar-refractivity contribution in [3.8, 4) is 5.88 Å². The van der Waals surface area contributed by atoms with Crippen molar-refractivity contribution in [2.75, 3.05) is 45.8 Å². The summed E-state index contributed by atoms with van der Waals surface area (Å²) in [4.78, 5) is 37.3. The van der Waals surface area contributed by atoms with Gasteiger partial charge in [-0.1, -0.05) is 41.5 Å². The molecule has 17 nitrogen and oxygen atoms in total. The number of aliphatic hydroxyl groups excluding tert-OH is 1. The molecule has 4 atom stereocenters. The highest BCUT2D eigenvalue weighted by atomic mass is 127. The summed E-state index contributed by atoms with van der Waals surface area (Å²) in [6, 6.07) is 0. The van der Waals surface area contributed by atoms with Crippen LogP contribution in [0.2, 0.25) is 0 Å². The molecule has 2 aromatic heterocycles. The second-order valence-corrected chi connectivity index (χ2v) is 16.1. The van der Waals surface area contributed by atoms with E-state index in [1.807, 2.05) is 64.1 Å². The van der Waals surface area contributed by atoms with Gasteiger partial charge < -0.3 is 39.4 Å². The van der Waals surface area contributed by atoms with Crippen LogP contribution >= 0.6 is 30.3 Å². The SMILES string of the molecule is COc1nc(N)nc2c1nc(I)n2[C@@H]1O[C@H](COP(=O)(NCC(=O)OCC(C)(C)C)NCC(=O)OCC(C)(C)C)[C@@H](O)[C@@]1(C)O. The molecule has 0 aromatic carbocycles.